The van der Waals surface area contributed by atoms with E-state index in [2.05, 4.69) is 10.3 Å². The van der Waals surface area contributed by atoms with Crippen LogP contribution in [-0.4, -0.2) is 28.4 Å². The number of hydrogen-bond donors (Lipinski definition) is 1. The molecular weight excluding hydrogens is 374 g/mol. The molecule has 1 heterocycles. The molecule has 8 nitrogen and oxygen atoms in total. The van der Waals surface area contributed by atoms with Crippen LogP contribution in [0.2, 0.25) is 5.15 Å². The Hall–Kier alpha value is -3.52. The van der Waals surface area contributed by atoms with Gasteiger partial charge < -0.3 is 10.1 Å². The molecule has 3 aromatic rings. The number of benzene rings is 2. The van der Waals surface area contributed by atoms with Crippen molar-refractivity contribution < 1.29 is 19.2 Å². The largest absolute Gasteiger partial charge is 0.452 e. The Morgan fingerprint density at radius 2 is 1.85 bits per heavy atom. The number of nitrogens with zero attached hydrogens (tertiary/aromatic N) is 2. The van der Waals surface area contributed by atoms with Gasteiger partial charge in [0.1, 0.15) is 5.15 Å². The quantitative estimate of drug-likeness (QED) is 0.311. The minimum absolute atomic E-state index is 0.0964. The van der Waals surface area contributed by atoms with E-state index in [1.54, 1.807) is 24.3 Å². The van der Waals surface area contributed by atoms with Crippen molar-refractivity contribution in [3.05, 3.63) is 75.4 Å². The summed E-state index contributed by atoms with van der Waals surface area (Å²) in [5.74, 6) is -1.30. The first kappa shape index (κ1) is 18.3. The number of nitrogens with one attached hydrogen (secondary N) is 1. The fourth-order valence-electron chi connectivity index (χ4n) is 2.38. The molecule has 1 amide bonds. The molecule has 1 N–H and O–H groups in total. The number of carbonyl (C=O) groups excluding carboxylic acids is 2. The molecule has 0 aliphatic rings. The van der Waals surface area contributed by atoms with Gasteiger partial charge in [-0.1, -0.05) is 29.8 Å². The monoisotopic (exact) mass is 385 g/mol. The molecule has 0 radical (unpaired) electrons. The van der Waals surface area contributed by atoms with Crippen LogP contribution in [0.3, 0.4) is 0 Å². The molecule has 0 aliphatic carbocycles. The fourth-order valence-corrected chi connectivity index (χ4v) is 2.58. The van der Waals surface area contributed by atoms with Gasteiger partial charge >= 0.3 is 5.97 Å². The molecule has 0 spiro atoms. The Morgan fingerprint density at radius 3 is 2.56 bits per heavy atom. The van der Waals surface area contributed by atoms with E-state index in [1.165, 1.54) is 30.3 Å². The van der Waals surface area contributed by atoms with E-state index in [0.29, 0.717) is 16.6 Å². The zero-order valence-corrected chi connectivity index (χ0v) is 14.5. The van der Waals surface area contributed by atoms with Gasteiger partial charge in [0.15, 0.2) is 6.61 Å². The summed E-state index contributed by atoms with van der Waals surface area (Å²) < 4.78 is 5.04. The van der Waals surface area contributed by atoms with Crippen molar-refractivity contribution in [2.24, 2.45) is 0 Å². The summed E-state index contributed by atoms with van der Waals surface area (Å²) in [6.45, 7) is -0.524. The van der Waals surface area contributed by atoms with Gasteiger partial charge in [0, 0.05) is 23.2 Å². The van der Waals surface area contributed by atoms with Gasteiger partial charge in [0.25, 0.3) is 11.6 Å². The van der Waals surface area contributed by atoms with Crippen molar-refractivity contribution in [1.29, 1.82) is 0 Å². The number of hydrogen-bond acceptors (Lipinski definition) is 6. The molecule has 136 valence electrons. The molecule has 0 saturated carbocycles. The van der Waals surface area contributed by atoms with Gasteiger partial charge in [0.05, 0.1) is 16.0 Å². The number of ether oxygens (including phenoxy) is 1. The van der Waals surface area contributed by atoms with Crippen molar-refractivity contribution >= 4 is 45.8 Å². The number of para-hydroxylation sites is 1. The number of esters is 1. The van der Waals surface area contributed by atoms with Crippen LogP contribution in [0.5, 0.6) is 0 Å². The van der Waals surface area contributed by atoms with Gasteiger partial charge in [-0.3, -0.25) is 14.9 Å². The first-order valence-corrected chi connectivity index (χ1v) is 8.08. The van der Waals surface area contributed by atoms with Crippen LogP contribution in [0.4, 0.5) is 11.4 Å². The first-order valence-electron chi connectivity index (χ1n) is 7.71. The van der Waals surface area contributed by atoms with Crippen molar-refractivity contribution in [3.63, 3.8) is 0 Å². The number of anilines is 1. The molecule has 0 aliphatic heterocycles. The highest BCUT2D eigenvalue weighted by atomic mass is 35.5. The molecule has 2 aromatic carbocycles. The molecule has 3 rings (SSSR count). The van der Waals surface area contributed by atoms with Crippen molar-refractivity contribution in [3.8, 4) is 0 Å². The maximum Gasteiger partial charge on any atom is 0.339 e. The van der Waals surface area contributed by atoms with Crippen LogP contribution in [0.25, 0.3) is 10.9 Å². The van der Waals surface area contributed by atoms with Crippen molar-refractivity contribution in [2.45, 2.75) is 0 Å². The smallest absolute Gasteiger partial charge is 0.339 e. The Kier molecular flexibility index (Phi) is 5.28. The molecule has 0 fully saturated rings. The third kappa shape index (κ3) is 4.36. The van der Waals surface area contributed by atoms with E-state index >= 15 is 0 Å². The van der Waals surface area contributed by atoms with E-state index in [0.717, 1.165) is 0 Å². The second-order valence-electron chi connectivity index (χ2n) is 5.44. The predicted octanol–water partition coefficient (Wildman–Crippen LogP) is 3.59. The number of nitro groups is 1. The van der Waals surface area contributed by atoms with E-state index < -0.39 is 23.4 Å². The number of non-ortho nitro benzene ring substituents is 1. The van der Waals surface area contributed by atoms with Crippen LogP contribution >= 0.6 is 11.6 Å². The lowest BCUT2D eigenvalue weighted by atomic mass is 10.1. The summed E-state index contributed by atoms with van der Waals surface area (Å²) >= 11 is 5.93. The van der Waals surface area contributed by atoms with Gasteiger partial charge in [-0.15, -0.1) is 0 Å². The number of fused-ring (bicyclic) bond motifs is 1. The van der Waals surface area contributed by atoms with E-state index in [4.69, 9.17) is 16.3 Å². The molecule has 27 heavy (non-hydrogen) atoms. The normalized spacial score (nSPS) is 10.4. The zero-order valence-electron chi connectivity index (χ0n) is 13.7. The summed E-state index contributed by atoms with van der Waals surface area (Å²) in [5.41, 5.74) is 0.987. The van der Waals surface area contributed by atoms with Crippen LogP contribution < -0.4 is 5.32 Å². The summed E-state index contributed by atoms with van der Waals surface area (Å²) in [7, 11) is 0. The fraction of sp³-hybridized carbons (Fsp3) is 0.0556. The predicted molar refractivity (Wildman–Crippen MR) is 98.8 cm³/mol. The van der Waals surface area contributed by atoms with Crippen LogP contribution in [0, 0.1) is 10.1 Å². The zero-order chi connectivity index (χ0) is 19.4. The lowest BCUT2D eigenvalue weighted by Gasteiger charge is -2.08. The number of halogens is 1. The van der Waals surface area contributed by atoms with Crippen LogP contribution in [-0.2, 0) is 9.53 Å². The highest BCUT2D eigenvalue weighted by Crippen LogP contribution is 2.21. The summed E-state index contributed by atoms with van der Waals surface area (Å²) in [6.07, 6.45) is 0. The molecule has 0 saturated heterocycles. The molecule has 9 heteroatoms. The second-order valence-corrected chi connectivity index (χ2v) is 5.83. The molecular formula is C18H12ClN3O5. The third-order valence-electron chi connectivity index (χ3n) is 3.60. The van der Waals surface area contributed by atoms with E-state index in [1.807, 2.05) is 0 Å². The van der Waals surface area contributed by atoms with Crippen molar-refractivity contribution in [1.82, 2.24) is 4.98 Å². The topological polar surface area (TPSA) is 111 Å². The maximum absolute atomic E-state index is 12.3. The van der Waals surface area contributed by atoms with Gasteiger partial charge in [0.2, 0.25) is 0 Å². The lowest BCUT2D eigenvalue weighted by molar-refractivity contribution is -0.384. The minimum Gasteiger partial charge on any atom is -0.452 e. The van der Waals surface area contributed by atoms with Crippen LogP contribution in [0.15, 0.2) is 54.6 Å². The number of rotatable bonds is 5. The van der Waals surface area contributed by atoms with E-state index in [9.17, 15) is 19.7 Å². The standard InChI is InChI=1S/C18H12ClN3O5/c19-16-9-14(13-3-1-2-4-15(13)21-16)18(24)27-10-17(23)20-11-5-7-12(8-6-11)22(25)26/h1-9H,10H2,(H,20,23). The molecule has 0 atom stereocenters. The maximum atomic E-state index is 12.3. The number of nitro benzene ring substituents is 1. The SMILES string of the molecule is O=C(COC(=O)c1cc(Cl)nc2ccccc12)Nc1ccc([N+](=O)[O-])cc1. The molecule has 1 aromatic heterocycles. The minimum atomic E-state index is -0.714. The highest BCUT2D eigenvalue weighted by Gasteiger charge is 2.15. The van der Waals surface area contributed by atoms with Gasteiger partial charge in [-0.2, -0.15) is 0 Å². The van der Waals surface area contributed by atoms with E-state index in [-0.39, 0.29) is 16.4 Å². The van der Waals surface area contributed by atoms with Crippen molar-refractivity contribution in [2.75, 3.05) is 11.9 Å². The number of pyridine rings is 1. The Balaban J connectivity index is 1.65. The summed E-state index contributed by atoms with van der Waals surface area (Å²) in [5, 5.41) is 13.8. The molecule has 0 bridgehead atoms. The first-order chi connectivity index (χ1) is 12.9. The average molecular weight is 386 g/mol. The lowest BCUT2D eigenvalue weighted by Crippen LogP contribution is -2.21. The Bertz CT molecular complexity index is 1040. The molecule has 0 unspecified atom stereocenters. The number of amides is 1. The second kappa shape index (κ2) is 7.79. The highest BCUT2D eigenvalue weighted by molar-refractivity contribution is 6.30. The Labute approximate surface area is 157 Å². The number of aromatic nitrogens is 1. The van der Waals surface area contributed by atoms with Gasteiger partial charge in [-0.05, 0) is 24.3 Å². The van der Waals surface area contributed by atoms with Gasteiger partial charge in [-0.25, -0.2) is 9.78 Å². The average Bonchev–Trinajstić information content (AvgIpc) is 2.65. The Morgan fingerprint density at radius 1 is 1.15 bits per heavy atom. The third-order valence-corrected chi connectivity index (χ3v) is 3.79. The summed E-state index contributed by atoms with van der Waals surface area (Å²) in [6, 6.07) is 13.6. The van der Waals surface area contributed by atoms with Crippen LogP contribution in [0.1, 0.15) is 10.4 Å². The number of carbonyl (C=O) groups is 2. The summed E-state index contributed by atoms with van der Waals surface area (Å²) in [4.78, 5) is 38.4.